The van der Waals surface area contributed by atoms with Crippen molar-refractivity contribution >= 4 is 38.9 Å². The zero-order valence-corrected chi connectivity index (χ0v) is 15.7. The Hall–Kier alpha value is -0.670. The average Bonchev–Trinajstić information content (AvgIpc) is 2.94. The molecule has 2 heterocycles. The molecule has 1 saturated heterocycles. The molecule has 130 valence electrons. The second-order valence-electron chi connectivity index (χ2n) is 5.83. The molecular formula is C14H22ClN3O3S2. The average molecular weight is 380 g/mol. The number of carbonyl (C=O) groups excluding carboxylic acids is 1. The van der Waals surface area contributed by atoms with Gasteiger partial charge in [0.2, 0.25) is 5.91 Å². The third-order valence-electron chi connectivity index (χ3n) is 3.83. The lowest BCUT2D eigenvalue weighted by molar-refractivity contribution is -0.126. The van der Waals surface area contributed by atoms with Crippen LogP contribution in [0.2, 0.25) is 4.34 Å². The van der Waals surface area contributed by atoms with Crippen LogP contribution >= 0.6 is 22.9 Å². The van der Waals surface area contributed by atoms with E-state index < -0.39 is 10.0 Å². The van der Waals surface area contributed by atoms with E-state index in [0.29, 0.717) is 36.8 Å². The number of hydrogen-bond acceptors (Lipinski definition) is 5. The first-order valence-electron chi connectivity index (χ1n) is 7.48. The SMILES string of the molecule is CN(C)CCNC(=O)C1CCN(S(=O)(=O)c2ccc(Cl)s2)CC1. The minimum absolute atomic E-state index is 0.0167. The molecule has 1 aliphatic heterocycles. The largest absolute Gasteiger partial charge is 0.355 e. The van der Waals surface area contributed by atoms with Crippen LogP contribution in [0.4, 0.5) is 0 Å². The summed E-state index contributed by atoms with van der Waals surface area (Å²) in [5.74, 6) is -0.0985. The van der Waals surface area contributed by atoms with E-state index in [1.165, 1.54) is 10.4 Å². The van der Waals surface area contributed by atoms with Gasteiger partial charge in [-0.2, -0.15) is 4.31 Å². The number of nitrogens with zero attached hydrogens (tertiary/aromatic N) is 2. The Labute approximate surface area is 146 Å². The Morgan fingerprint density at radius 2 is 2.04 bits per heavy atom. The van der Waals surface area contributed by atoms with E-state index in [2.05, 4.69) is 5.32 Å². The minimum Gasteiger partial charge on any atom is -0.355 e. The second-order valence-corrected chi connectivity index (χ2v) is 9.71. The number of nitrogens with one attached hydrogen (secondary N) is 1. The fraction of sp³-hybridized carbons (Fsp3) is 0.643. The van der Waals surface area contributed by atoms with Gasteiger partial charge < -0.3 is 10.2 Å². The van der Waals surface area contributed by atoms with Crippen LogP contribution in [0.3, 0.4) is 0 Å². The van der Waals surface area contributed by atoms with Crippen LogP contribution in [0.5, 0.6) is 0 Å². The van der Waals surface area contributed by atoms with Crippen molar-refractivity contribution in [1.82, 2.24) is 14.5 Å². The Bertz CT molecular complexity index is 637. The molecule has 2 rings (SSSR count). The predicted octanol–water partition coefficient (Wildman–Crippen LogP) is 1.48. The zero-order chi connectivity index (χ0) is 17.0. The van der Waals surface area contributed by atoms with Crippen molar-refractivity contribution in [3.05, 3.63) is 16.5 Å². The topological polar surface area (TPSA) is 69.7 Å². The molecule has 0 aromatic carbocycles. The van der Waals surface area contributed by atoms with Gasteiger partial charge in [0.15, 0.2) is 0 Å². The molecular weight excluding hydrogens is 358 g/mol. The molecule has 0 radical (unpaired) electrons. The quantitative estimate of drug-likeness (QED) is 0.812. The summed E-state index contributed by atoms with van der Waals surface area (Å²) < 4.78 is 27.2. The molecule has 1 amide bonds. The summed E-state index contributed by atoms with van der Waals surface area (Å²) in [5.41, 5.74) is 0. The van der Waals surface area contributed by atoms with Crippen molar-refractivity contribution in [1.29, 1.82) is 0 Å². The Morgan fingerprint density at radius 3 is 2.57 bits per heavy atom. The number of halogens is 1. The van der Waals surface area contributed by atoms with Gasteiger partial charge in [-0.1, -0.05) is 11.6 Å². The number of likely N-dealkylation sites (N-methyl/N-ethyl adjacent to an activating group) is 1. The Balaban J connectivity index is 1.87. The summed E-state index contributed by atoms with van der Waals surface area (Å²) in [6.45, 7) is 2.13. The number of amides is 1. The first-order chi connectivity index (χ1) is 10.8. The summed E-state index contributed by atoms with van der Waals surface area (Å²) in [4.78, 5) is 14.1. The van der Waals surface area contributed by atoms with Gasteiger partial charge in [0.25, 0.3) is 10.0 Å². The van der Waals surface area contributed by atoms with Crippen molar-refractivity contribution in [2.75, 3.05) is 40.3 Å². The number of rotatable bonds is 6. The van der Waals surface area contributed by atoms with E-state index in [9.17, 15) is 13.2 Å². The van der Waals surface area contributed by atoms with Gasteiger partial charge in [-0.25, -0.2) is 8.42 Å². The van der Waals surface area contributed by atoms with Crippen LogP contribution in [0.1, 0.15) is 12.8 Å². The van der Waals surface area contributed by atoms with Crippen LogP contribution < -0.4 is 5.32 Å². The standard InChI is InChI=1S/C14H22ClN3O3S2/c1-17(2)10-7-16-14(19)11-5-8-18(9-6-11)23(20,21)13-4-3-12(15)22-13/h3-4,11H,5-10H2,1-2H3,(H,16,19). The zero-order valence-electron chi connectivity index (χ0n) is 13.3. The molecule has 9 heteroatoms. The van der Waals surface area contributed by atoms with E-state index in [1.807, 2.05) is 19.0 Å². The Morgan fingerprint density at radius 1 is 1.39 bits per heavy atom. The highest BCUT2D eigenvalue weighted by Gasteiger charge is 2.32. The van der Waals surface area contributed by atoms with Gasteiger partial charge in [0.1, 0.15) is 4.21 Å². The molecule has 1 N–H and O–H groups in total. The molecule has 0 spiro atoms. The van der Waals surface area contributed by atoms with Gasteiger partial charge in [-0.3, -0.25) is 4.79 Å². The normalized spacial score (nSPS) is 17.6. The van der Waals surface area contributed by atoms with Crippen molar-refractivity contribution in [3.63, 3.8) is 0 Å². The van der Waals surface area contributed by atoms with Crippen molar-refractivity contribution in [2.45, 2.75) is 17.1 Å². The van der Waals surface area contributed by atoms with Gasteiger partial charge in [0, 0.05) is 32.1 Å². The molecule has 0 atom stereocenters. The molecule has 23 heavy (non-hydrogen) atoms. The van der Waals surface area contributed by atoms with Crippen molar-refractivity contribution in [2.24, 2.45) is 5.92 Å². The fourth-order valence-corrected chi connectivity index (χ4v) is 5.58. The van der Waals surface area contributed by atoms with Crippen LogP contribution in [0.25, 0.3) is 0 Å². The van der Waals surface area contributed by atoms with Gasteiger partial charge in [0.05, 0.1) is 4.34 Å². The van der Waals surface area contributed by atoms with E-state index in [-0.39, 0.29) is 16.0 Å². The lowest BCUT2D eigenvalue weighted by Gasteiger charge is -2.30. The highest BCUT2D eigenvalue weighted by molar-refractivity contribution is 7.91. The molecule has 0 bridgehead atoms. The molecule has 1 fully saturated rings. The maximum atomic E-state index is 12.5. The number of carbonyl (C=O) groups is 1. The first kappa shape index (κ1) is 18.7. The molecule has 1 aromatic rings. The fourth-order valence-electron chi connectivity index (χ4n) is 2.47. The van der Waals surface area contributed by atoms with Gasteiger partial charge in [-0.05, 0) is 39.1 Å². The van der Waals surface area contributed by atoms with E-state index >= 15 is 0 Å². The molecule has 0 aliphatic carbocycles. The highest BCUT2D eigenvalue weighted by Crippen LogP contribution is 2.30. The predicted molar refractivity (Wildman–Crippen MR) is 92.4 cm³/mol. The van der Waals surface area contributed by atoms with Crippen LogP contribution in [-0.2, 0) is 14.8 Å². The van der Waals surface area contributed by atoms with Crippen LogP contribution in [0.15, 0.2) is 16.3 Å². The minimum atomic E-state index is -3.49. The van der Waals surface area contributed by atoms with E-state index in [1.54, 1.807) is 6.07 Å². The number of thiophene rings is 1. The summed E-state index contributed by atoms with van der Waals surface area (Å²) in [6.07, 6.45) is 1.10. The Kier molecular flexibility index (Phi) is 6.44. The molecule has 6 nitrogen and oxygen atoms in total. The number of piperidine rings is 1. The molecule has 0 unspecified atom stereocenters. The lowest BCUT2D eigenvalue weighted by atomic mass is 9.97. The smallest absolute Gasteiger partial charge is 0.252 e. The molecule has 1 aromatic heterocycles. The van der Waals surface area contributed by atoms with E-state index in [4.69, 9.17) is 11.6 Å². The maximum absolute atomic E-state index is 12.5. The lowest BCUT2D eigenvalue weighted by Crippen LogP contribution is -2.43. The summed E-state index contributed by atoms with van der Waals surface area (Å²) in [5, 5.41) is 2.91. The number of hydrogen-bond donors (Lipinski definition) is 1. The maximum Gasteiger partial charge on any atom is 0.252 e. The third kappa shape index (κ3) is 4.90. The first-order valence-corrected chi connectivity index (χ1v) is 10.1. The van der Waals surface area contributed by atoms with Gasteiger partial charge >= 0.3 is 0 Å². The van der Waals surface area contributed by atoms with Crippen molar-refractivity contribution in [3.8, 4) is 0 Å². The third-order valence-corrected chi connectivity index (χ3v) is 7.42. The monoisotopic (exact) mass is 379 g/mol. The van der Waals surface area contributed by atoms with Crippen LogP contribution in [0, 0.1) is 5.92 Å². The number of sulfonamides is 1. The second kappa shape index (κ2) is 7.94. The summed E-state index contributed by atoms with van der Waals surface area (Å²) in [7, 11) is 0.412. The highest BCUT2D eigenvalue weighted by atomic mass is 35.5. The van der Waals surface area contributed by atoms with Crippen LogP contribution in [-0.4, -0.2) is 63.8 Å². The van der Waals surface area contributed by atoms with E-state index in [0.717, 1.165) is 17.9 Å². The molecule has 1 aliphatic rings. The van der Waals surface area contributed by atoms with Crippen molar-refractivity contribution < 1.29 is 13.2 Å². The van der Waals surface area contributed by atoms with Gasteiger partial charge in [-0.15, -0.1) is 11.3 Å². The summed E-state index contributed by atoms with van der Waals surface area (Å²) in [6, 6.07) is 3.12. The molecule has 0 saturated carbocycles. The summed E-state index contributed by atoms with van der Waals surface area (Å²) >= 11 is 6.88.